The van der Waals surface area contributed by atoms with Crippen molar-refractivity contribution < 1.29 is 4.74 Å². The Hall–Kier alpha value is -0.0400. The van der Waals surface area contributed by atoms with Crippen LogP contribution in [-0.4, -0.2) is 12.7 Å². The van der Waals surface area contributed by atoms with E-state index in [0.29, 0.717) is 6.10 Å². The van der Waals surface area contributed by atoms with Crippen LogP contribution in [0, 0.1) is 35.5 Å². The summed E-state index contributed by atoms with van der Waals surface area (Å²) in [5.41, 5.74) is 0. The molecule has 1 atom stereocenters. The summed E-state index contributed by atoms with van der Waals surface area (Å²) in [5.74, 6) is 6.35. The minimum absolute atomic E-state index is 0.506. The first-order chi connectivity index (χ1) is 10.8. The van der Waals surface area contributed by atoms with Gasteiger partial charge in [-0.1, -0.05) is 32.1 Å². The molecule has 126 valence electrons. The maximum absolute atomic E-state index is 6.25. The van der Waals surface area contributed by atoms with Crippen molar-refractivity contribution in [2.45, 2.75) is 90.1 Å². The second-order valence-electron chi connectivity index (χ2n) is 9.30. The minimum Gasteiger partial charge on any atom is -0.378 e. The molecule has 5 saturated carbocycles. The van der Waals surface area contributed by atoms with Crippen LogP contribution in [0.1, 0.15) is 84.0 Å². The zero-order valence-electron chi connectivity index (χ0n) is 14.6. The van der Waals surface area contributed by atoms with Crippen LogP contribution in [0.25, 0.3) is 0 Å². The van der Waals surface area contributed by atoms with E-state index in [2.05, 4.69) is 6.92 Å². The van der Waals surface area contributed by atoms with Crippen LogP contribution in [-0.2, 0) is 4.74 Å². The fourth-order valence-electron chi connectivity index (χ4n) is 6.79. The third-order valence-corrected chi connectivity index (χ3v) is 7.68. The molecule has 5 aliphatic rings. The molecule has 0 N–H and O–H groups in total. The van der Waals surface area contributed by atoms with E-state index in [9.17, 15) is 0 Å². The summed E-state index contributed by atoms with van der Waals surface area (Å²) in [7, 11) is 0. The van der Waals surface area contributed by atoms with Gasteiger partial charge in [0.2, 0.25) is 0 Å². The van der Waals surface area contributed by atoms with Crippen LogP contribution in [0.5, 0.6) is 0 Å². The molecule has 0 amide bonds. The predicted molar refractivity (Wildman–Crippen MR) is 91.8 cm³/mol. The van der Waals surface area contributed by atoms with Crippen molar-refractivity contribution in [2.75, 3.05) is 6.61 Å². The Balaban J connectivity index is 1.20. The number of rotatable bonds is 6. The fourth-order valence-corrected chi connectivity index (χ4v) is 6.79. The lowest BCUT2D eigenvalue weighted by Gasteiger charge is -2.55. The van der Waals surface area contributed by atoms with Crippen molar-refractivity contribution in [3.8, 4) is 0 Å². The minimum atomic E-state index is 0.506. The van der Waals surface area contributed by atoms with Gasteiger partial charge in [0.1, 0.15) is 0 Å². The van der Waals surface area contributed by atoms with E-state index in [4.69, 9.17) is 4.74 Å². The summed E-state index contributed by atoms with van der Waals surface area (Å²) in [6.07, 6.45) is 18.4. The van der Waals surface area contributed by atoms with Crippen molar-refractivity contribution in [2.24, 2.45) is 35.5 Å². The molecule has 0 aromatic carbocycles. The predicted octanol–water partition coefficient (Wildman–Crippen LogP) is 5.82. The van der Waals surface area contributed by atoms with Crippen molar-refractivity contribution in [3.05, 3.63) is 0 Å². The van der Waals surface area contributed by atoms with Gasteiger partial charge in [0.05, 0.1) is 6.10 Å². The van der Waals surface area contributed by atoms with Crippen LogP contribution in [0.3, 0.4) is 0 Å². The largest absolute Gasteiger partial charge is 0.378 e. The van der Waals surface area contributed by atoms with Gasteiger partial charge in [-0.25, -0.2) is 0 Å². The molecule has 4 bridgehead atoms. The molecule has 0 heterocycles. The van der Waals surface area contributed by atoms with Gasteiger partial charge in [-0.3, -0.25) is 0 Å². The van der Waals surface area contributed by atoms with Gasteiger partial charge in [-0.05, 0) is 87.4 Å². The monoisotopic (exact) mass is 304 g/mol. The van der Waals surface area contributed by atoms with Crippen LogP contribution >= 0.6 is 0 Å². The summed E-state index contributed by atoms with van der Waals surface area (Å²) in [4.78, 5) is 0. The Labute approximate surface area is 137 Å². The molecule has 1 nitrogen and oxygen atoms in total. The van der Waals surface area contributed by atoms with Crippen LogP contribution in [0.4, 0.5) is 0 Å². The molecule has 0 radical (unpaired) electrons. The zero-order valence-corrected chi connectivity index (χ0v) is 14.6. The average Bonchev–Trinajstić information content (AvgIpc) is 2.51. The number of hydrogen-bond acceptors (Lipinski definition) is 1. The molecular weight excluding hydrogens is 268 g/mol. The summed E-state index contributed by atoms with van der Waals surface area (Å²) in [6, 6.07) is 0. The third-order valence-electron chi connectivity index (χ3n) is 7.68. The molecule has 22 heavy (non-hydrogen) atoms. The van der Waals surface area contributed by atoms with Crippen LogP contribution in [0.2, 0.25) is 0 Å². The highest BCUT2D eigenvalue weighted by atomic mass is 16.5. The Morgan fingerprint density at radius 1 is 0.864 bits per heavy atom. The van der Waals surface area contributed by atoms with Gasteiger partial charge in [0.25, 0.3) is 0 Å². The van der Waals surface area contributed by atoms with Crippen molar-refractivity contribution in [3.63, 3.8) is 0 Å². The van der Waals surface area contributed by atoms with Crippen molar-refractivity contribution in [1.82, 2.24) is 0 Å². The second kappa shape index (κ2) is 6.83. The van der Waals surface area contributed by atoms with Crippen molar-refractivity contribution >= 4 is 0 Å². The molecule has 0 saturated heterocycles. The van der Waals surface area contributed by atoms with E-state index >= 15 is 0 Å². The first-order valence-electron chi connectivity index (χ1n) is 10.4. The summed E-state index contributed by atoms with van der Waals surface area (Å²) in [5, 5.41) is 0. The second-order valence-corrected chi connectivity index (χ2v) is 9.30. The Morgan fingerprint density at radius 2 is 1.50 bits per heavy atom. The lowest BCUT2D eigenvalue weighted by atomic mass is 9.51. The molecule has 0 aromatic rings. The molecule has 0 aliphatic heterocycles. The quantitative estimate of drug-likeness (QED) is 0.600. The van der Waals surface area contributed by atoms with E-state index in [1.165, 1.54) is 44.9 Å². The summed E-state index contributed by atoms with van der Waals surface area (Å²) in [6.45, 7) is 3.38. The first-order valence-corrected chi connectivity index (χ1v) is 10.4. The molecule has 1 unspecified atom stereocenters. The van der Waals surface area contributed by atoms with E-state index < -0.39 is 0 Å². The van der Waals surface area contributed by atoms with Crippen LogP contribution < -0.4 is 0 Å². The van der Waals surface area contributed by atoms with Gasteiger partial charge < -0.3 is 4.74 Å². The average molecular weight is 305 g/mol. The Morgan fingerprint density at radius 3 is 2.14 bits per heavy atom. The molecule has 5 rings (SSSR count). The third kappa shape index (κ3) is 3.40. The molecular formula is C21H36O. The highest BCUT2D eigenvalue weighted by Gasteiger charge is 2.48. The Kier molecular flexibility index (Phi) is 4.81. The molecule has 0 spiro atoms. The lowest BCUT2D eigenvalue weighted by molar-refractivity contribution is -0.0635. The highest BCUT2D eigenvalue weighted by Crippen LogP contribution is 2.57. The van der Waals surface area contributed by atoms with Gasteiger partial charge in [0, 0.05) is 6.61 Å². The summed E-state index contributed by atoms with van der Waals surface area (Å²) < 4.78 is 6.25. The highest BCUT2D eigenvalue weighted by molar-refractivity contribution is 4.98. The van der Waals surface area contributed by atoms with Gasteiger partial charge >= 0.3 is 0 Å². The smallest absolute Gasteiger partial charge is 0.0549 e. The van der Waals surface area contributed by atoms with E-state index in [1.54, 1.807) is 32.1 Å². The summed E-state index contributed by atoms with van der Waals surface area (Å²) >= 11 is 0. The van der Waals surface area contributed by atoms with E-state index in [1.807, 2.05) is 0 Å². The van der Waals surface area contributed by atoms with Gasteiger partial charge in [-0.15, -0.1) is 0 Å². The zero-order chi connectivity index (χ0) is 14.9. The topological polar surface area (TPSA) is 9.23 Å². The van der Waals surface area contributed by atoms with E-state index in [-0.39, 0.29) is 0 Å². The SMILES string of the molecule is CC(CC1C2CC3CC(C2)CC1C3)OCCC1CCCCC1. The lowest BCUT2D eigenvalue weighted by Crippen LogP contribution is -2.46. The maximum Gasteiger partial charge on any atom is 0.0549 e. The normalized spacial score (nSPS) is 42.7. The molecule has 5 fully saturated rings. The van der Waals surface area contributed by atoms with Crippen LogP contribution in [0.15, 0.2) is 0 Å². The number of hydrogen-bond donors (Lipinski definition) is 0. The number of ether oxygens (including phenoxy) is 1. The fraction of sp³-hybridized carbons (Fsp3) is 1.00. The van der Waals surface area contributed by atoms with E-state index in [0.717, 1.165) is 42.1 Å². The molecule has 0 aromatic heterocycles. The first kappa shape index (κ1) is 15.5. The van der Waals surface area contributed by atoms with Gasteiger partial charge in [-0.2, -0.15) is 0 Å². The Bertz CT molecular complexity index is 329. The van der Waals surface area contributed by atoms with Crippen molar-refractivity contribution in [1.29, 1.82) is 0 Å². The molecule has 5 aliphatic carbocycles. The molecule has 1 heteroatoms. The maximum atomic E-state index is 6.25. The van der Waals surface area contributed by atoms with Gasteiger partial charge in [0.15, 0.2) is 0 Å². The standard InChI is InChI=1S/C21H36O/c1-15(22-8-7-16-5-3-2-4-6-16)9-21-19-11-17-10-18(13-19)14-20(21)12-17/h15-21H,2-14H2,1H3.